The van der Waals surface area contributed by atoms with E-state index in [0.29, 0.717) is 11.5 Å². The van der Waals surface area contributed by atoms with Crippen molar-refractivity contribution in [3.8, 4) is 23.0 Å². The topological polar surface area (TPSA) is 44.9 Å². The second-order valence-corrected chi connectivity index (χ2v) is 8.42. The predicted octanol–water partition coefficient (Wildman–Crippen LogP) is 6.68. The molecule has 0 amide bonds. The smallest absolute Gasteiger partial charge is 0.509 e. The van der Waals surface area contributed by atoms with E-state index in [1.54, 1.807) is 0 Å². The van der Waals surface area contributed by atoms with Gasteiger partial charge in [0.25, 0.3) is 0 Å². The zero-order valence-electron chi connectivity index (χ0n) is 19.5. The molecule has 3 heterocycles. The van der Waals surface area contributed by atoms with E-state index in [-0.39, 0.29) is 21.1 Å². The Bertz CT molecular complexity index is 1680. The summed E-state index contributed by atoms with van der Waals surface area (Å²) >= 11 is 0. The van der Waals surface area contributed by atoms with E-state index < -0.39 is 0 Å². The quantitative estimate of drug-likeness (QED) is 0.203. The maximum absolute atomic E-state index is 6.22. The zero-order chi connectivity index (χ0) is 23.2. The number of aryl methyl sites for hydroxylation is 3. The summed E-state index contributed by atoms with van der Waals surface area (Å²) in [5.41, 5.74) is 5.82. The van der Waals surface area contributed by atoms with E-state index in [0.717, 1.165) is 50.4 Å². The number of para-hydroxylation sites is 1. The van der Waals surface area contributed by atoms with Gasteiger partial charge in [0.05, 0.1) is 5.69 Å². The van der Waals surface area contributed by atoms with Gasteiger partial charge in [-0.3, -0.25) is 4.68 Å². The monoisotopic (exact) mass is 637 g/mol. The van der Waals surface area contributed by atoms with Gasteiger partial charge in [0.1, 0.15) is 5.82 Å². The number of hydrogen-bond acceptors (Lipinski definition) is 3. The molecule has 35 heavy (non-hydrogen) atoms. The van der Waals surface area contributed by atoms with Crippen LogP contribution in [0.2, 0.25) is 0 Å². The Kier molecular flexibility index (Phi) is 6.04. The second-order valence-electron chi connectivity index (χ2n) is 8.42. The molecule has 3 aromatic carbocycles. The van der Waals surface area contributed by atoms with Crippen LogP contribution in [0.15, 0.2) is 78.9 Å². The molecule has 0 saturated carbocycles. The molecule has 0 bridgehead atoms. The Hall–Kier alpha value is -3.69. The zero-order valence-corrected chi connectivity index (χ0v) is 21.8. The molecule has 0 N–H and O–H groups in total. The number of benzene rings is 3. The molecule has 0 unspecified atom stereocenters. The first kappa shape index (κ1) is 23.1. The van der Waals surface area contributed by atoms with Crippen molar-refractivity contribution in [1.29, 1.82) is 0 Å². The summed E-state index contributed by atoms with van der Waals surface area (Å²) in [7, 11) is 0. The molecule has 0 radical (unpaired) electrons. The van der Waals surface area contributed by atoms with Crippen LogP contribution < -0.4 is 4.74 Å². The van der Waals surface area contributed by atoms with Crippen molar-refractivity contribution in [1.82, 2.24) is 19.3 Å². The summed E-state index contributed by atoms with van der Waals surface area (Å²) in [4.78, 5) is 4.77. The van der Waals surface area contributed by atoms with Gasteiger partial charge in [-0.15, -0.1) is 35.7 Å². The van der Waals surface area contributed by atoms with Gasteiger partial charge in [0.2, 0.25) is 0 Å². The molecule has 0 saturated heterocycles. The van der Waals surface area contributed by atoms with Crippen LogP contribution in [0.3, 0.4) is 0 Å². The summed E-state index contributed by atoms with van der Waals surface area (Å²) in [6.45, 7) is 6.01. The van der Waals surface area contributed by atoms with Gasteiger partial charge in [-0.1, -0.05) is 29.8 Å². The summed E-state index contributed by atoms with van der Waals surface area (Å²) in [6, 6.07) is 33.1. The molecule has 6 rings (SSSR count). The van der Waals surface area contributed by atoms with Gasteiger partial charge >= 0.3 is 21.1 Å². The van der Waals surface area contributed by atoms with Crippen molar-refractivity contribution in [2.45, 2.75) is 20.8 Å². The fraction of sp³-hybridized carbons (Fsp3) is 0.103. The van der Waals surface area contributed by atoms with Gasteiger partial charge in [0, 0.05) is 28.4 Å². The fourth-order valence-electron chi connectivity index (χ4n) is 4.44. The van der Waals surface area contributed by atoms with Crippen molar-refractivity contribution >= 4 is 21.8 Å². The minimum Gasteiger partial charge on any atom is -0.509 e. The molecule has 6 aromatic rings. The van der Waals surface area contributed by atoms with Crippen LogP contribution in [-0.4, -0.2) is 19.3 Å². The van der Waals surface area contributed by atoms with Crippen LogP contribution >= 0.6 is 0 Å². The van der Waals surface area contributed by atoms with E-state index in [4.69, 9.17) is 9.72 Å². The van der Waals surface area contributed by atoms with Crippen LogP contribution in [0, 0.1) is 32.9 Å². The maximum Gasteiger partial charge on any atom is 2.00 e. The SMILES string of the molecule is Cc1cccc(-n2c3[c-]c(Oc4[c-]c(-n5nc(C)cc5C)ccc4)ccc3c3ccccc32)n1.[Pt+2]. The first-order valence-electron chi connectivity index (χ1n) is 11.2. The van der Waals surface area contributed by atoms with Crippen LogP contribution in [0.1, 0.15) is 17.1 Å². The predicted molar refractivity (Wildman–Crippen MR) is 134 cm³/mol. The Morgan fingerprint density at radius 2 is 1.54 bits per heavy atom. The Morgan fingerprint density at radius 3 is 2.34 bits per heavy atom. The first-order chi connectivity index (χ1) is 16.6. The number of hydrogen-bond donors (Lipinski definition) is 0. The number of aromatic nitrogens is 4. The third-order valence-corrected chi connectivity index (χ3v) is 5.87. The Morgan fingerprint density at radius 1 is 0.743 bits per heavy atom. The van der Waals surface area contributed by atoms with E-state index in [1.165, 1.54) is 0 Å². The number of ether oxygens (including phenoxy) is 1. The maximum atomic E-state index is 6.22. The largest absolute Gasteiger partial charge is 2.00 e. The molecule has 174 valence electrons. The molecular weight excluding hydrogens is 615 g/mol. The first-order valence-corrected chi connectivity index (χ1v) is 11.2. The molecule has 0 aliphatic heterocycles. The van der Waals surface area contributed by atoms with Gasteiger partial charge in [-0.05, 0) is 56.1 Å². The fourth-order valence-corrected chi connectivity index (χ4v) is 4.44. The molecule has 0 spiro atoms. The van der Waals surface area contributed by atoms with Gasteiger partial charge in [0.15, 0.2) is 0 Å². The van der Waals surface area contributed by atoms with Crippen LogP contribution in [0.5, 0.6) is 11.5 Å². The van der Waals surface area contributed by atoms with E-state index >= 15 is 0 Å². The van der Waals surface area contributed by atoms with Crippen molar-refractivity contribution in [3.63, 3.8) is 0 Å². The summed E-state index contributed by atoms with van der Waals surface area (Å²) in [5, 5.41) is 6.82. The van der Waals surface area contributed by atoms with Crippen molar-refractivity contribution < 1.29 is 25.8 Å². The van der Waals surface area contributed by atoms with Crippen molar-refractivity contribution in [2.24, 2.45) is 0 Å². The Labute approximate surface area is 218 Å². The van der Waals surface area contributed by atoms with Crippen LogP contribution in [0.25, 0.3) is 33.3 Å². The molecule has 0 atom stereocenters. The molecule has 0 aliphatic rings. The molecule has 3 aromatic heterocycles. The molecular formula is C29H22N4OPt. The number of rotatable bonds is 4. The minimum absolute atomic E-state index is 0. The van der Waals surface area contributed by atoms with E-state index in [2.05, 4.69) is 46.1 Å². The Balaban J connectivity index is 0.00000253. The number of pyridine rings is 1. The summed E-state index contributed by atoms with van der Waals surface area (Å²) < 4.78 is 10.2. The normalized spacial score (nSPS) is 11.1. The molecule has 0 aliphatic carbocycles. The standard InChI is InChI=1S/C29H22N4O.Pt/c1-19-8-6-13-29(30-19)32-27-12-5-4-11-25(27)26-15-14-24(18-28(26)32)34-23-10-7-9-22(17-23)33-21(3)16-20(2)31-33;/h4-16H,1-3H3;/q-2;+2. The van der Waals surface area contributed by atoms with Gasteiger partial charge < -0.3 is 9.30 Å². The van der Waals surface area contributed by atoms with Gasteiger partial charge in [-0.2, -0.15) is 17.2 Å². The second kappa shape index (κ2) is 9.16. The summed E-state index contributed by atoms with van der Waals surface area (Å²) in [5.74, 6) is 2.08. The molecule has 6 heteroatoms. The third kappa shape index (κ3) is 4.17. The van der Waals surface area contributed by atoms with Crippen LogP contribution in [-0.2, 0) is 21.1 Å². The average molecular weight is 638 g/mol. The van der Waals surface area contributed by atoms with E-state index in [1.807, 2.05) is 80.1 Å². The molecule has 0 fully saturated rings. The number of nitrogens with zero attached hydrogens (tertiary/aromatic N) is 4. The van der Waals surface area contributed by atoms with Crippen LogP contribution in [0.4, 0.5) is 0 Å². The average Bonchev–Trinajstić information content (AvgIpc) is 3.35. The molecule has 5 nitrogen and oxygen atoms in total. The van der Waals surface area contributed by atoms with Crippen molar-refractivity contribution in [3.05, 3.63) is 108 Å². The van der Waals surface area contributed by atoms with Gasteiger partial charge in [-0.25, -0.2) is 4.98 Å². The van der Waals surface area contributed by atoms with E-state index in [9.17, 15) is 0 Å². The summed E-state index contributed by atoms with van der Waals surface area (Å²) in [6.07, 6.45) is 0. The minimum atomic E-state index is 0. The van der Waals surface area contributed by atoms with Crippen molar-refractivity contribution in [2.75, 3.05) is 0 Å². The third-order valence-electron chi connectivity index (χ3n) is 5.87. The number of fused-ring (bicyclic) bond motifs is 3.